The highest BCUT2D eigenvalue weighted by Crippen LogP contribution is 2.48. The third-order valence-corrected chi connectivity index (χ3v) is 8.66. The summed E-state index contributed by atoms with van der Waals surface area (Å²) >= 11 is 0. The average molecular weight is 579 g/mol. The van der Waals surface area contributed by atoms with Crippen molar-refractivity contribution >= 4 is 43.5 Å². The summed E-state index contributed by atoms with van der Waals surface area (Å²) in [6.07, 6.45) is 0. The van der Waals surface area contributed by atoms with Crippen molar-refractivity contribution in [2.45, 2.75) is 0 Å². The minimum absolute atomic E-state index is 0.0606. The highest BCUT2D eigenvalue weighted by atomic mass is 16.3. The maximum atomic E-state index is 9.49. The molecule has 1 nitrogen and oxygen atoms in total. The van der Waals surface area contributed by atoms with Crippen LogP contribution in [-0.4, -0.2) is 0 Å². The molecule has 0 aliphatic rings. The second-order valence-electron chi connectivity index (χ2n) is 11.2. The van der Waals surface area contributed by atoms with E-state index in [2.05, 4.69) is 48.5 Å². The van der Waals surface area contributed by atoms with E-state index in [0.29, 0.717) is 33.0 Å². The third kappa shape index (κ3) is 4.09. The molecule has 1 heterocycles. The van der Waals surface area contributed by atoms with E-state index in [1.807, 2.05) is 84.9 Å². The van der Waals surface area contributed by atoms with E-state index in [1.165, 1.54) is 0 Å². The zero-order valence-corrected chi connectivity index (χ0v) is 24.1. The first-order valence-corrected chi connectivity index (χ1v) is 15.0. The van der Waals surface area contributed by atoms with Gasteiger partial charge in [0.1, 0.15) is 11.2 Å². The summed E-state index contributed by atoms with van der Waals surface area (Å²) in [6.45, 7) is 0. The minimum atomic E-state index is -0.296. The number of hydrogen-bond donors (Lipinski definition) is 0. The van der Waals surface area contributed by atoms with Gasteiger partial charge in [-0.05, 0) is 78.1 Å². The fraction of sp³-hybridized carbons (Fsp3) is 0. The van der Waals surface area contributed by atoms with Gasteiger partial charge in [0.2, 0.25) is 0 Å². The molecule has 0 spiro atoms. The normalized spacial score (nSPS) is 13.4. The van der Waals surface area contributed by atoms with Gasteiger partial charge in [0.15, 0.2) is 0 Å². The molecule has 0 unspecified atom stereocenters. The molecule has 1 heteroatoms. The molecule has 0 atom stereocenters. The summed E-state index contributed by atoms with van der Waals surface area (Å²) in [4.78, 5) is 0. The monoisotopic (exact) mass is 578 g/mol. The summed E-state index contributed by atoms with van der Waals surface area (Å²) in [7, 11) is 0. The van der Waals surface area contributed by atoms with Gasteiger partial charge < -0.3 is 4.42 Å². The molecular formula is C44H28O. The SMILES string of the molecule is [2H]c1c([2H])c(-c2ccccc2)c2c(oc3c([2H])c([2H])c([2H])c(-c4c5ccccc5c(-c5ccc(-c6ccccc6)cc5)c5ccccc45)c32)c1[2H]. The van der Waals surface area contributed by atoms with Gasteiger partial charge in [0, 0.05) is 10.8 Å². The Balaban J connectivity index is 1.44. The van der Waals surface area contributed by atoms with Gasteiger partial charge in [0.25, 0.3) is 0 Å². The van der Waals surface area contributed by atoms with Crippen molar-refractivity contribution in [2.24, 2.45) is 0 Å². The Bertz CT molecular complexity index is 2790. The van der Waals surface area contributed by atoms with Gasteiger partial charge in [-0.25, -0.2) is 0 Å². The molecule has 9 aromatic rings. The molecule has 8 aromatic carbocycles. The standard InChI is InChI=1S/C44H28O/c1-3-13-29(14-4-1)30-25-27-32(28-26-30)41-34-17-7-9-19-36(34)42(37-20-10-8-18-35(37)41)38-22-12-24-40-44(38)43-33(21-11-23-39(43)45-40)31-15-5-2-6-16-31/h1-28H/i11D,12D,21D,22D,23D,24D. The lowest BCUT2D eigenvalue weighted by Gasteiger charge is -2.18. The minimum Gasteiger partial charge on any atom is -0.456 e. The molecule has 210 valence electrons. The van der Waals surface area contributed by atoms with Crippen LogP contribution in [0.25, 0.3) is 88.0 Å². The zero-order chi connectivity index (χ0) is 35.0. The van der Waals surface area contributed by atoms with E-state index in [-0.39, 0.29) is 47.4 Å². The molecule has 0 saturated carbocycles. The molecule has 0 amide bonds. The first kappa shape index (κ1) is 20.1. The van der Waals surface area contributed by atoms with Crippen LogP contribution in [0, 0.1) is 0 Å². The smallest absolute Gasteiger partial charge is 0.136 e. The van der Waals surface area contributed by atoms with Crippen molar-refractivity contribution in [3.05, 3.63) is 170 Å². The van der Waals surface area contributed by atoms with E-state index in [1.54, 1.807) is 0 Å². The van der Waals surface area contributed by atoms with Gasteiger partial charge in [-0.1, -0.05) is 158 Å². The number of hydrogen-bond acceptors (Lipinski definition) is 1. The van der Waals surface area contributed by atoms with Gasteiger partial charge in [-0.3, -0.25) is 0 Å². The maximum absolute atomic E-state index is 9.49. The van der Waals surface area contributed by atoms with Gasteiger partial charge in [0.05, 0.1) is 8.22 Å². The second kappa shape index (κ2) is 10.4. The second-order valence-corrected chi connectivity index (χ2v) is 11.2. The maximum Gasteiger partial charge on any atom is 0.136 e. The quantitative estimate of drug-likeness (QED) is 0.189. The summed E-state index contributed by atoms with van der Waals surface area (Å²) in [5, 5.41) is 4.42. The van der Waals surface area contributed by atoms with Crippen LogP contribution in [0.3, 0.4) is 0 Å². The summed E-state index contributed by atoms with van der Waals surface area (Å²) in [6, 6.07) is 42.8. The van der Waals surface area contributed by atoms with Crippen LogP contribution in [0.1, 0.15) is 8.22 Å². The molecule has 0 bridgehead atoms. The fourth-order valence-electron chi connectivity index (χ4n) is 6.69. The average Bonchev–Trinajstić information content (AvgIpc) is 3.57. The Labute approximate surface area is 270 Å². The van der Waals surface area contributed by atoms with Crippen molar-refractivity contribution in [2.75, 3.05) is 0 Å². The Kier molecular flexibility index (Phi) is 4.63. The first-order chi connectivity index (χ1) is 24.8. The lowest BCUT2D eigenvalue weighted by atomic mass is 9.84. The molecular weight excluding hydrogens is 544 g/mol. The molecule has 0 saturated heterocycles. The van der Waals surface area contributed by atoms with E-state index in [4.69, 9.17) is 11.3 Å². The molecule has 45 heavy (non-hydrogen) atoms. The summed E-state index contributed by atoms with van der Waals surface area (Å²) in [5.74, 6) is 0. The van der Waals surface area contributed by atoms with Crippen LogP contribution in [0.4, 0.5) is 0 Å². The number of benzene rings is 8. The van der Waals surface area contributed by atoms with Crippen LogP contribution < -0.4 is 0 Å². The largest absolute Gasteiger partial charge is 0.456 e. The first-order valence-electron chi connectivity index (χ1n) is 18.0. The Morgan fingerprint density at radius 2 is 0.778 bits per heavy atom. The molecule has 0 N–H and O–H groups in total. The number of fused-ring (bicyclic) bond motifs is 5. The van der Waals surface area contributed by atoms with Crippen molar-refractivity contribution in [1.82, 2.24) is 0 Å². The Morgan fingerprint density at radius 3 is 1.36 bits per heavy atom. The lowest BCUT2D eigenvalue weighted by molar-refractivity contribution is 0.669. The Hall–Kier alpha value is -5.92. The van der Waals surface area contributed by atoms with Crippen molar-refractivity contribution in [1.29, 1.82) is 0 Å². The van der Waals surface area contributed by atoms with Crippen molar-refractivity contribution in [3.8, 4) is 44.5 Å². The summed E-state index contributed by atoms with van der Waals surface area (Å²) in [5.41, 5.74) is 6.62. The van der Waals surface area contributed by atoms with Crippen LogP contribution in [0.5, 0.6) is 0 Å². The highest BCUT2D eigenvalue weighted by molar-refractivity contribution is 6.26. The molecule has 0 fully saturated rings. The Morgan fingerprint density at radius 1 is 0.356 bits per heavy atom. The topological polar surface area (TPSA) is 13.1 Å². The number of furan rings is 1. The van der Waals surface area contributed by atoms with E-state index in [9.17, 15) is 1.37 Å². The van der Waals surface area contributed by atoms with Crippen LogP contribution >= 0.6 is 0 Å². The highest BCUT2D eigenvalue weighted by Gasteiger charge is 2.21. The molecule has 0 aliphatic carbocycles. The van der Waals surface area contributed by atoms with E-state index in [0.717, 1.165) is 43.8 Å². The molecule has 0 radical (unpaired) electrons. The van der Waals surface area contributed by atoms with Gasteiger partial charge >= 0.3 is 0 Å². The lowest BCUT2D eigenvalue weighted by Crippen LogP contribution is -1.91. The third-order valence-electron chi connectivity index (χ3n) is 8.66. The van der Waals surface area contributed by atoms with Crippen LogP contribution in [0.15, 0.2) is 174 Å². The fourth-order valence-corrected chi connectivity index (χ4v) is 6.69. The number of rotatable bonds is 4. The van der Waals surface area contributed by atoms with E-state index < -0.39 is 0 Å². The predicted octanol–water partition coefficient (Wildman–Crippen LogP) is 12.6. The van der Waals surface area contributed by atoms with Crippen LogP contribution in [-0.2, 0) is 0 Å². The van der Waals surface area contributed by atoms with Gasteiger partial charge in [-0.2, -0.15) is 0 Å². The molecule has 0 aliphatic heterocycles. The molecule has 9 rings (SSSR count). The summed E-state index contributed by atoms with van der Waals surface area (Å²) < 4.78 is 60.3. The zero-order valence-electron chi connectivity index (χ0n) is 30.1. The van der Waals surface area contributed by atoms with E-state index >= 15 is 0 Å². The van der Waals surface area contributed by atoms with Crippen molar-refractivity contribution < 1.29 is 12.6 Å². The van der Waals surface area contributed by atoms with Crippen LogP contribution in [0.2, 0.25) is 0 Å². The van der Waals surface area contributed by atoms with Gasteiger partial charge in [-0.15, -0.1) is 0 Å². The predicted molar refractivity (Wildman–Crippen MR) is 190 cm³/mol. The van der Waals surface area contributed by atoms with Crippen molar-refractivity contribution in [3.63, 3.8) is 0 Å². The molecule has 1 aromatic heterocycles.